The highest BCUT2D eigenvalue weighted by molar-refractivity contribution is 6.46. The van der Waals surface area contributed by atoms with E-state index in [0.29, 0.717) is 18.7 Å². The zero-order chi connectivity index (χ0) is 24.1. The van der Waals surface area contributed by atoms with Crippen LogP contribution in [0.25, 0.3) is 5.76 Å². The number of aliphatic hydroxyl groups excluding tert-OH is 1. The van der Waals surface area contributed by atoms with Crippen molar-refractivity contribution in [3.63, 3.8) is 0 Å². The van der Waals surface area contributed by atoms with E-state index in [1.54, 1.807) is 6.07 Å². The molecule has 0 aromatic heterocycles. The summed E-state index contributed by atoms with van der Waals surface area (Å²) >= 11 is 0. The maximum absolute atomic E-state index is 13.1. The molecule has 1 fully saturated rings. The largest absolute Gasteiger partial charge is 0.507 e. The van der Waals surface area contributed by atoms with Crippen molar-refractivity contribution >= 4 is 17.4 Å². The fraction of sp³-hybridized carbons (Fsp3) is 0.385. The van der Waals surface area contributed by atoms with Crippen molar-refractivity contribution in [1.29, 1.82) is 0 Å². The molecule has 0 radical (unpaired) electrons. The topological polar surface area (TPSA) is 90.3 Å². The number of aryl methyl sites for hydroxylation is 1. The molecular weight excluding hydrogens is 420 g/mol. The lowest BCUT2D eigenvalue weighted by Crippen LogP contribution is -2.33. The molecule has 3 rings (SSSR count). The van der Waals surface area contributed by atoms with Crippen LogP contribution in [0.5, 0.6) is 11.5 Å². The van der Waals surface area contributed by atoms with Crippen LogP contribution in [0.4, 0.5) is 0 Å². The molecule has 1 heterocycles. The number of rotatable bonds is 9. The Hall–Kier alpha value is -3.32. The highest BCUT2D eigenvalue weighted by Gasteiger charge is 2.46. The zero-order valence-corrected chi connectivity index (χ0v) is 19.7. The molecule has 1 aliphatic rings. The van der Waals surface area contributed by atoms with Gasteiger partial charge in [-0.3, -0.25) is 9.59 Å². The number of Topliss-reactive ketones (excluding diaryl/α,β-unsaturated/α-hetero) is 1. The SMILES string of the molecule is CCN(CC)CCCN1C(=O)C(=O)C(=C(O)c2ccc(OC)cc2O)[C@H]1c1ccc(C)cc1. The van der Waals surface area contributed by atoms with E-state index in [9.17, 15) is 19.8 Å². The molecular formula is C26H32N2O5. The maximum atomic E-state index is 13.1. The highest BCUT2D eigenvalue weighted by atomic mass is 16.5. The minimum Gasteiger partial charge on any atom is -0.507 e. The number of aromatic hydroxyl groups is 1. The summed E-state index contributed by atoms with van der Waals surface area (Å²) in [6.07, 6.45) is 0.699. The van der Waals surface area contributed by atoms with Crippen molar-refractivity contribution in [2.75, 3.05) is 33.3 Å². The van der Waals surface area contributed by atoms with Gasteiger partial charge in [0.25, 0.3) is 11.7 Å². The number of hydrogen-bond acceptors (Lipinski definition) is 6. The van der Waals surface area contributed by atoms with Crippen molar-refractivity contribution in [1.82, 2.24) is 9.80 Å². The van der Waals surface area contributed by atoms with Gasteiger partial charge in [0, 0.05) is 12.6 Å². The van der Waals surface area contributed by atoms with Crippen LogP contribution in [0.2, 0.25) is 0 Å². The van der Waals surface area contributed by atoms with Gasteiger partial charge in [0.05, 0.1) is 24.3 Å². The second-order valence-electron chi connectivity index (χ2n) is 8.17. The summed E-state index contributed by atoms with van der Waals surface area (Å²) in [5.41, 5.74) is 1.84. The van der Waals surface area contributed by atoms with E-state index in [2.05, 4.69) is 18.7 Å². The van der Waals surface area contributed by atoms with Gasteiger partial charge in [-0.2, -0.15) is 0 Å². The Labute approximate surface area is 194 Å². The molecule has 0 spiro atoms. The summed E-state index contributed by atoms with van der Waals surface area (Å²) in [6, 6.07) is 11.2. The number of phenols is 1. The standard InChI is InChI=1S/C26H32N2O5/c1-5-27(6-2)14-7-15-28-23(18-10-8-17(3)9-11-18)22(25(31)26(28)32)24(30)20-13-12-19(33-4)16-21(20)29/h8-13,16,23,29-30H,5-7,14-15H2,1-4H3/t23-/m1/s1. The number of carbonyl (C=O) groups is 2. The summed E-state index contributed by atoms with van der Waals surface area (Å²) in [5, 5.41) is 21.5. The Bertz CT molecular complexity index is 1040. The lowest BCUT2D eigenvalue weighted by molar-refractivity contribution is -0.140. The van der Waals surface area contributed by atoms with Crippen molar-refractivity contribution in [3.8, 4) is 11.5 Å². The van der Waals surface area contributed by atoms with E-state index < -0.39 is 23.5 Å². The monoisotopic (exact) mass is 452 g/mol. The molecule has 7 heteroatoms. The van der Waals surface area contributed by atoms with Crippen LogP contribution >= 0.6 is 0 Å². The first-order valence-electron chi connectivity index (χ1n) is 11.3. The number of ether oxygens (including phenoxy) is 1. The molecule has 0 saturated carbocycles. The van der Waals surface area contributed by atoms with Gasteiger partial charge < -0.3 is 24.7 Å². The summed E-state index contributed by atoms with van der Waals surface area (Å²) in [6.45, 7) is 9.13. The molecule has 1 atom stereocenters. The molecule has 1 saturated heterocycles. The molecule has 2 N–H and O–H groups in total. The Balaban J connectivity index is 2.05. The molecule has 2 aromatic rings. The van der Waals surface area contributed by atoms with Crippen LogP contribution in [-0.2, 0) is 9.59 Å². The van der Waals surface area contributed by atoms with Gasteiger partial charge in [0.2, 0.25) is 0 Å². The lowest BCUT2D eigenvalue weighted by atomic mass is 9.94. The average Bonchev–Trinajstić information content (AvgIpc) is 3.06. The first kappa shape index (κ1) is 24.3. The van der Waals surface area contributed by atoms with Crippen LogP contribution in [-0.4, -0.2) is 65.0 Å². The van der Waals surface area contributed by atoms with Gasteiger partial charge in [-0.15, -0.1) is 0 Å². The van der Waals surface area contributed by atoms with E-state index in [1.165, 1.54) is 24.1 Å². The van der Waals surface area contributed by atoms with Crippen molar-refractivity contribution in [3.05, 3.63) is 64.7 Å². The van der Waals surface area contributed by atoms with Crippen LogP contribution < -0.4 is 4.74 Å². The first-order valence-corrected chi connectivity index (χ1v) is 11.3. The van der Waals surface area contributed by atoms with Crippen molar-refractivity contribution in [2.24, 2.45) is 0 Å². The van der Waals surface area contributed by atoms with E-state index >= 15 is 0 Å². The fourth-order valence-corrected chi connectivity index (χ4v) is 4.19. The van der Waals surface area contributed by atoms with Gasteiger partial charge in [-0.05, 0) is 50.7 Å². The average molecular weight is 453 g/mol. The number of ketones is 1. The first-order chi connectivity index (χ1) is 15.8. The third kappa shape index (κ3) is 5.03. The van der Waals surface area contributed by atoms with Gasteiger partial charge >= 0.3 is 0 Å². The van der Waals surface area contributed by atoms with Gasteiger partial charge in [-0.1, -0.05) is 43.7 Å². The minimum atomic E-state index is -0.754. The minimum absolute atomic E-state index is 0.0211. The Morgan fingerprint density at radius 3 is 2.33 bits per heavy atom. The van der Waals surface area contributed by atoms with Crippen LogP contribution in [0.15, 0.2) is 48.0 Å². The molecule has 1 amide bonds. The zero-order valence-electron chi connectivity index (χ0n) is 19.7. The smallest absolute Gasteiger partial charge is 0.295 e. The summed E-state index contributed by atoms with van der Waals surface area (Å²) in [5.74, 6) is -1.62. The predicted octanol–water partition coefficient (Wildman–Crippen LogP) is 3.86. The number of benzene rings is 2. The number of carbonyl (C=O) groups excluding carboxylic acids is 2. The van der Waals surface area contributed by atoms with Gasteiger partial charge in [-0.25, -0.2) is 0 Å². The number of phenolic OH excluding ortho intramolecular Hbond substituents is 1. The lowest BCUT2D eigenvalue weighted by Gasteiger charge is -2.27. The van der Waals surface area contributed by atoms with E-state index in [-0.39, 0.29) is 16.9 Å². The Morgan fingerprint density at radius 2 is 1.76 bits per heavy atom. The predicted molar refractivity (Wildman–Crippen MR) is 127 cm³/mol. The number of nitrogens with zero attached hydrogens (tertiary/aromatic N) is 2. The summed E-state index contributed by atoms with van der Waals surface area (Å²) in [4.78, 5) is 29.9. The van der Waals surface area contributed by atoms with Crippen molar-refractivity contribution < 1.29 is 24.5 Å². The fourth-order valence-electron chi connectivity index (χ4n) is 4.19. The second-order valence-corrected chi connectivity index (χ2v) is 8.17. The molecule has 7 nitrogen and oxygen atoms in total. The number of aliphatic hydroxyl groups is 1. The molecule has 0 bridgehead atoms. The number of methoxy groups -OCH3 is 1. The van der Waals surface area contributed by atoms with E-state index in [1.807, 2.05) is 31.2 Å². The van der Waals surface area contributed by atoms with Crippen LogP contribution in [0, 0.1) is 6.92 Å². The molecule has 33 heavy (non-hydrogen) atoms. The van der Waals surface area contributed by atoms with E-state index in [4.69, 9.17) is 4.74 Å². The molecule has 1 aliphatic heterocycles. The van der Waals surface area contributed by atoms with Crippen LogP contribution in [0.3, 0.4) is 0 Å². The maximum Gasteiger partial charge on any atom is 0.295 e. The third-order valence-electron chi connectivity index (χ3n) is 6.16. The van der Waals surface area contributed by atoms with Gasteiger partial charge in [0.15, 0.2) is 0 Å². The third-order valence-corrected chi connectivity index (χ3v) is 6.16. The van der Waals surface area contributed by atoms with Crippen molar-refractivity contribution in [2.45, 2.75) is 33.2 Å². The Kier molecular flexibility index (Phi) is 7.76. The molecule has 0 aliphatic carbocycles. The summed E-state index contributed by atoms with van der Waals surface area (Å²) < 4.78 is 5.10. The Morgan fingerprint density at radius 1 is 1.09 bits per heavy atom. The molecule has 176 valence electrons. The molecule has 0 unspecified atom stereocenters. The van der Waals surface area contributed by atoms with Gasteiger partial charge in [0.1, 0.15) is 17.3 Å². The second kappa shape index (κ2) is 10.5. The van der Waals surface area contributed by atoms with E-state index in [0.717, 1.165) is 30.8 Å². The number of hydrogen-bond donors (Lipinski definition) is 2. The summed E-state index contributed by atoms with van der Waals surface area (Å²) in [7, 11) is 1.47. The van der Waals surface area contributed by atoms with Crippen LogP contribution in [0.1, 0.15) is 43.0 Å². The number of likely N-dealkylation sites (tertiary alicyclic amines) is 1. The normalized spacial score (nSPS) is 17.7. The quantitative estimate of drug-likeness (QED) is 0.341. The number of amides is 1. The molecule has 2 aromatic carbocycles. The highest BCUT2D eigenvalue weighted by Crippen LogP contribution is 2.41.